The molecule has 0 fully saturated rings. The molecule has 0 atom stereocenters. The maximum Gasteiger partial charge on any atom is 0.267 e. The quantitative estimate of drug-likeness (QED) is 0.265. The van der Waals surface area contributed by atoms with Gasteiger partial charge in [-0.1, -0.05) is 54.2 Å². The minimum atomic E-state index is -0.390. The van der Waals surface area contributed by atoms with E-state index in [1.807, 2.05) is 60.7 Å². The van der Waals surface area contributed by atoms with E-state index in [-0.39, 0.29) is 17.1 Å². The van der Waals surface area contributed by atoms with Gasteiger partial charge in [0, 0.05) is 5.75 Å². The van der Waals surface area contributed by atoms with Gasteiger partial charge in [0.1, 0.15) is 0 Å². The summed E-state index contributed by atoms with van der Waals surface area (Å²) in [4.78, 5) is 13.5. The van der Waals surface area contributed by atoms with E-state index in [2.05, 4.69) is 10.2 Å². The van der Waals surface area contributed by atoms with Gasteiger partial charge in [0.25, 0.3) is 5.56 Å². The van der Waals surface area contributed by atoms with E-state index in [4.69, 9.17) is 4.74 Å². The molecule has 0 radical (unpaired) electrons. The van der Waals surface area contributed by atoms with E-state index in [9.17, 15) is 9.18 Å². The first-order chi connectivity index (χ1) is 16.1. The van der Waals surface area contributed by atoms with Gasteiger partial charge in [-0.15, -0.1) is 10.2 Å². The molecule has 166 valence electrons. The van der Waals surface area contributed by atoms with Gasteiger partial charge in [-0.2, -0.15) is 0 Å². The molecule has 8 heteroatoms. The van der Waals surface area contributed by atoms with Crippen molar-refractivity contribution in [2.24, 2.45) is 0 Å². The number of para-hydroxylation sites is 3. The number of fused-ring (bicyclic) bond motifs is 3. The lowest BCUT2D eigenvalue weighted by atomic mass is 10.1. The fourth-order valence-electron chi connectivity index (χ4n) is 3.98. The van der Waals surface area contributed by atoms with Crippen LogP contribution in [0.2, 0.25) is 0 Å². The number of aromatic nitrogens is 4. The van der Waals surface area contributed by atoms with Gasteiger partial charge in [0.2, 0.25) is 5.78 Å². The van der Waals surface area contributed by atoms with Crippen LogP contribution >= 0.6 is 11.8 Å². The zero-order chi connectivity index (χ0) is 22.9. The number of aryl methyl sites for hydroxylation is 2. The Balaban J connectivity index is 1.57. The fraction of sp³-hybridized carbons (Fsp3) is 0.160. The molecule has 0 bridgehead atoms. The van der Waals surface area contributed by atoms with Gasteiger partial charge in [-0.3, -0.25) is 9.20 Å². The monoisotopic (exact) mass is 460 g/mol. The number of nitrogens with zero attached hydrogens (tertiary/aromatic N) is 4. The highest BCUT2D eigenvalue weighted by Crippen LogP contribution is 2.26. The zero-order valence-corrected chi connectivity index (χ0v) is 19.0. The molecule has 0 aliphatic rings. The zero-order valence-electron chi connectivity index (χ0n) is 18.2. The molecule has 2 heterocycles. The molecule has 6 nitrogen and oxygen atoms in total. The second-order valence-electron chi connectivity index (χ2n) is 7.64. The van der Waals surface area contributed by atoms with Crippen LogP contribution in [0.25, 0.3) is 22.4 Å². The third-order valence-corrected chi connectivity index (χ3v) is 6.36. The van der Waals surface area contributed by atoms with Crippen LogP contribution in [0, 0.1) is 19.7 Å². The van der Waals surface area contributed by atoms with Crippen molar-refractivity contribution in [2.75, 3.05) is 12.4 Å². The fourth-order valence-corrected chi connectivity index (χ4v) is 4.74. The SMILES string of the molecule is Cc1cccc(C)c1-n1c(=O)c2ccccc2n2c(SCCOc3ccccc3F)nnc12. The van der Waals surface area contributed by atoms with E-state index < -0.39 is 0 Å². The summed E-state index contributed by atoms with van der Waals surface area (Å²) in [5, 5.41) is 9.99. The molecule has 0 aliphatic carbocycles. The molecular formula is C25H21FN4O2S. The average molecular weight is 461 g/mol. The predicted molar refractivity (Wildman–Crippen MR) is 128 cm³/mol. The maximum absolute atomic E-state index is 13.8. The molecule has 0 spiro atoms. The summed E-state index contributed by atoms with van der Waals surface area (Å²) in [6, 6.07) is 19.7. The molecule has 0 aliphatic heterocycles. The molecular weight excluding hydrogens is 439 g/mol. The highest BCUT2D eigenvalue weighted by Gasteiger charge is 2.19. The lowest BCUT2D eigenvalue weighted by Gasteiger charge is -2.15. The summed E-state index contributed by atoms with van der Waals surface area (Å²) in [5.41, 5.74) is 3.37. The van der Waals surface area contributed by atoms with Crippen LogP contribution < -0.4 is 10.3 Å². The second kappa shape index (κ2) is 8.71. The van der Waals surface area contributed by atoms with E-state index in [0.29, 0.717) is 28.7 Å². The van der Waals surface area contributed by atoms with Gasteiger partial charge >= 0.3 is 0 Å². The largest absolute Gasteiger partial charge is 0.490 e. The van der Waals surface area contributed by atoms with E-state index in [1.54, 1.807) is 22.8 Å². The first kappa shape index (κ1) is 21.2. The first-order valence-corrected chi connectivity index (χ1v) is 11.5. The van der Waals surface area contributed by atoms with Crippen LogP contribution in [0.5, 0.6) is 5.75 Å². The Morgan fingerprint density at radius 3 is 2.45 bits per heavy atom. The summed E-state index contributed by atoms with van der Waals surface area (Å²) in [6.45, 7) is 4.26. The average Bonchev–Trinajstić information content (AvgIpc) is 3.23. The molecule has 2 aromatic heterocycles. The molecule has 5 rings (SSSR count). The Morgan fingerprint density at radius 2 is 1.67 bits per heavy atom. The van der Waals surface area contributed by atoms with Gasteiger partial charge in [0.15, 0.2) is 16.7 Å². The minimum absolute atomic E-state index is 0.137. The summed E-state index contributed by atoms with van der Waals surface area (Å²) in [6.07, 6.45) is 0. The Labute approximate surface area is 193 Å². The van der Waals surface area contributed by atoms with Crippen LogP contribution in [-0.2, 0) is 0 Å². The standard InChI is InChI=1S/C25H21FN4O2S/c1-16-8-7-9-17(2)22(16)30-23(31)18-10-3-5-12-20(18)29-24(30)27-28-25(29)33-15-14-32-21-13-6-4-11-19(21)26/h3-13H,14-15H2,1-2H3. The highest BCUT2D eigenvalue weighted by atomic mass is 32.2. The van der Waals surface area contributed by atoms with Crippen molar-refractivity contribution in [3.05, 3.63) is 94.0 Å². The number of rotatable bonds is 6. The maximum atomic E-state index is 13.8. The van der Waals surface area contributed by atoms with Crippen molar-refractivity contribution < 1.29 is 9.13 Å². The van der Waals surface area contributed by atoms with Gasteiger partial charge < -0.3 is 4.74 Å². The molecule has 0 unspecified atom stereocenters. The van der Waals surface area contributed by atoms with Crippen molar-refractivity contribution in [3.63, 3.8) is 0 Å². The lowest BCUT2D eigenvalue weighted by Crippen LogP contribution is -2.23. The Bertz CT molecular complexity index is 1520. The Kier molecular flexibility index (Phi) is 5.60. The normalized spacial score (nSPS) is 11.4. The summed E-state index contributed by atoms with van der Waals surface area (Å²) in [7, 11) is 0. The van der Waals surface area contributed by atoms with Crippen LogP contribution in [0.1, 0.15) is 11.1 Å². The van der Waals surface area contributed by atoms with Crippen LogP contribution in [0.3, 0.4) is 0 Å². The summed E-state index contributed by atoms with van der Waals surface area (Å²) in [5.74, 6) is 0.817. The summed E-state index contributed by atoms with van der Waals surface area (Å²) < 4.78 is 22.9. The second-order valence-corrected chi connectivity index (χ2v) is 8.71. The molecule has 5 aromatic rings. The van der Waals surface area contributed by atoms with Crippen molar-refractivity contribution in [1.29, 1.82) is 0 Å². The van der Waals surface area contributed by atoms with Crippen molar-refractivity contribution >= 4 is 28.4 Å². The van der Waals surface area contributed by atoms with Crippen molar-refractivity contribution in [1.82, 2.24) is 19.2 Å². The topological polar surface area (TPSA) is 61.4 Å². The number of halogens is 1. The molecule has 33 heavy (non-hydrogen) atoms. The molecule has 0 saturated carbocycles. The number of hydrogen-bond donors (Lipinski definition) is 0. The minimum Gasteiger partial charge on any atom is -0.490 e. The number of ether oxygens (including phenoxy) is 1. The molecule has 3 aromatic carbocycles. The first-order valence-electron chi connectivity index (χ1n) is 10.5. The Hall–Kier alpha value is -3.65. The number of benzene rings is 3. The van der Waals surface area contributed by atoms with Gasteiger partial charge in [-0.25, -0.2) is 8.96 Å². The number of thioether (sulfide) groups is 1. The third kappa shape index (κ3) is 3.76. The van der Waals surface area contributed by atoms with Crippen LogP contribution in [0.15, 0.2) is 76.7 Å². The lowest BCUT2D eigenvalue weighted by molar-refractivity contribution is 0.325. The van der Waals surface area contributed by atoms with Crippen LogP contribution in [0.4, 0.5) is 4.39 Å². The van der Waals surface area contributed by atoms with Gasteiger partial charge in [0.05, 0.1) is 23.2 Å². The van der Waals surface area contributed by atoms with E-state index in [1.165, 1.54) is 17.8 Å². The Morgan fingerprint density at radius 1 is 0.939 bits per heavy atom. The molecule has 0 amide bonds. The van der Waals surface area contributed by atoms with E-state index in [0.717, 1.165) is 22.3 Å². The van der Waals surface area contributed by atoms with Crippen LogP contribution in [-0.4, -0.2) is 31.5 Å². The predicted octanol–water partition coefficient (Wildman–Crippen LogP) is 4.96. The molecule has 0 saturated heterocycles. The molecule has 0 N–H and O–H groups in total. The summed E-state index contributed by atoms with van der Waals surface area (Å²) >= 11 is 1.44. The van der Waals surface area contributed by atoms with E-state index >= 15 is 0 Å². The van der Waals surface area contributed by atoms with Crippen molar-refractivity contribution in [3.8, 4) is 11.4 Å². The highest BCUT2D eigenvalue weighted by molar-refractivity contribution is 7.99. The van der Waals surface area contributed by atoms with Gasteiger partial charge in [-0.05, 0) is 49.2 Å². The van der Waals surface area contributed by atoms with Crippen molar-refractivity contribution in [2.45, 2.75) is 19.0 Å². The smallest absolute Gasteiger partial charge is 0.267 e. The third-order valence-electron chi connectivity index (χ3n) is 5.47. The number of hydrogen-bond acceptors (Lipinski definition) is 5.